The molecule has 1 fully saturated rings. The van der Waals surface area contributed by atoms with Crippen molar-refractivity contribution in [2.24, 2.45) is 10.9 Å². The van der Waals surface area contributed by atoms with E-state index in [0.29, 0.717) is 18.9 Å². The summed E-state index contributed by atoms with van der Waals surface area (Å²) in [5.74, 6) is -0.620. The van der Waals surface area contributed by atoms with Gasteiger partial charge in [-0.25, -0.2) is 0 Å². The molecule has 2 atom stereocenters. The first-order valence-electron chi connectivity index (χ1n) is 9.56. The van der Waals surface area contributed by atoms with Crippen LogP contribution in [0.2, 0.25) is 0 Å². The number of aliphatic imine (C=N–C) groups is 1. The van der Waals surface area contributed by atoms with Gasteiger partial charge in [0.25, 0.3) is 0 Å². The summed E-state index contributed by atoms with van der Waals surface area (Å²) < 4.78 is 38.9. The summed E-state index contributed by atoms with van der Waals surface area (Å²) in [6.45, 7) is 0.717. The van der Waals surface area contributed by atoms with E-state index >= 15 is 0 Å². The van der Waals surface area contributed by atoms with E-state index in [1.54, 1.807) is 7.05 Å². The lowest BCUT2D eigenvalue weighted by atomic mass is 9.85. The lowest BCUT2D eigenvalue weighted by molar-refractivity contribution is -0.183. The molecule has 148 valence electrons. The number of benzene rings is 1. The molecule has 3 rings (SSSR count). The number of halogens is 3. The highest BCUT2D eigenvalue weighted by Crippen LogP contribution is 2.37. The Bertz CT molecular complexity index is 766. The number of aromatic nitrogens is 1. The van der Waals surface area contributed by atoms with E-state index < -0.39 is 12.1 Å². The Morgan fingerprint density at radius 3 is 2.85 bits per heavy atom. The van der Waals surface area contributed by atoms with E-state index in [2.05, 4.69) is 32.7 Å². The van der Waals surface area contributed by atoms with Crippen LogP contribution in [-0.2, 0) is 6.42 Å². The van der Waals surface area contributed by atoms with Crippen LogP contribution in [0, 0.1) is 5.92 Å². The molecule has 0 radical (unpaired) electrons. The number of aromatic amines is 1. The minimum absolute atomic E-state index is 0.125. The Labute approximate surface area is 157 Å². The minimum atomic E-state index is -4.10. The average molecular weight is 380 g/mol. The normalized spacial score (nSPS) is 21.4. The number of nitrogens with zero attached hydrogens (tertiary/aromatic N) is 1. The molecule has 2 unspecified atom stereocenters. The Morgan fingerprint density at radius 2 is 2.07 bits per heavy atom. The monoisotopic (exact) mass is 380 g/mol. The topological polar surface area (TPSA) is 52.2 Å². The van der Waals surface area contributed by atoms with Gasteiger partial charge in [-0.2, -0.15) is 13.2 Å². The fourth-order valence-corrected chi connectivity index (χ4v) is 3.83. The van der Waals surface area contributed by atoms with E-state index in [9.17, 15) is 13.2 Å². The zero-order valence-electron chi connectivity index (χ0n) is 15.6. The van der Waals surface area contributed by atoms with Gasteiger partial charge in [0.15, 0.2) is 5.96 Å². The number of hydrogen-bond donors (Lipinski definition) is 3. The maximum Gasteiger partial charge on any atom is 0.391 e. The third-order valence-electron chi connectivity index (χ3n) is 5.29. The van der Waals surface area contributed by atoms with Crippen molar-refractivity contribution in [1.82, 2.24) is 15.6 Å². The molecule has 0 aliphatic heterocycles. The van der Waals surface area contributed by atoms with Gasteiger partial charge < -0.3 is 15.6 Å². The molecule has 1 aliphatic carbocycles. The summed E-state index contributed by atoms with van der Waals surface area (Å²) in [7, 11) is 1.65. The molecular formula is C20H27F3N4. The molecule has 1 heterocycles. The molecule has 1 aromatic heterocycles. The number of fused-ring (bicyclic) bond motifs is 1. The van der Waals surface area contributed by atoms with Crippen molar-refractivity contribution in [1.29, 1.82) is 0 Å². The van der Waals surface area contributed by atoms with Crippen molar-refractivity contribution >= 4 is 16.9 Å². The van der Waals surface area contributed by atoms with Crippen LogP contribution in [0.1, 0.15) is 37.7 Å². The third-order valence-corrected chi connectivity index (χ3v) is 5.29. The number of hydrogen-bond acceptors (Lipinski definition) is 1. The van der Waals surface area contributed by atoms with Gasteiger partial charge in [-0.15, -0.1) is 0 Å². The second kappa shape index (κ2) is 8.67. The van der Waals surface area contributed by atoms with Crippen molar-refractivity contribution in [2.75, 3.05) is 13.6 Å². The predicted octanol–water partition coefficient (Wildman–Crippen LogP) is 4.39. The van der Waals surface area contributed by atoms with Crippen molar-refractivity contribution in [3.63, 3.8) is 0 Å². The number of H-pyrrole nitrogens is 1. The number of para-hydroxylation sites is 1. The third kappa shape index (κ3) is 5.17. The van der Waals surface area contributed by atoms with E-state index in [0.717, 1.165) is 24.8 Å². The SMILES string of the molecule is CN=C(NCCCc1c[nH]c2ccccc12)NC1CCCC(C(F)(F)F)C1. The Balaban J connectivity index is 1.44. The summed E-state index contributed by atoms with van der Waals surface area (Å²) in [6, 6.07) is 8.03. The first kappa shape index (κ1) is 19.6. The molecule has 0 amide bonds. The molecule has 1 aliphatic rings. The van der Waals surface area contributed by atoms with E-state index in [-0.39, 0.29) is 18.9 Å². The van der Waals surface area contributed by atoms with Gasteiger partial charge in [0, 0.05) is 36.7 Å². The Kier molecular flexibility index (Phi) is 6.29. The van der Waals surface area contributed by atoms with Crippen LogP contribution >= 0.6 is 0 Å². The highest BCUT2D eigenvalue weighted by molar-refractivity contribution is 5.83. The molecule has 7 heteroatoms. The molecule has 4 nitrogen and oxygen atoms in total. The smallest absolute Gasteiger partial charge is 0.361 e. The fraction of sp³-hybridized carbons (Fsp3) is 0.550. The van der Waals surface area contributed by atoms with Crippen molar-refractivity contribution in [3.8, 4) is 0 Å². The highest BCUT2D eigenvalue weighted by atomic mass is 19.4. The summed E-state index contributed by atoms with van der Waals surface area (Å²) >= 11 is 0. The highest BCUT2D eigenvalue weighted by Gasteiger charge is 2.42. The predicted molar refractivity (Wildman–Crippen MR) is 103 cm³/mol. The van der Waals surface area contributed by atoms with E-state index in [1.807, 2.05) is 18.3 Å². The van der Waals surface area contributed by atoms with Crippen LogP contribution < -0.4 is 10.6 Å². The van der Waals surface area contributed by atoms with Crippen LogP contribution in [0.3, 0.4) is 0 Å². The second-order valence-electron chi connectivity index (χ2n) is 7.21. The summed E-state index contributed by atoms with van der Waals surface area (Å²) in [5.41, 5.74) is 2.41. The lowest BCUT2D eigenvalue weighted by Crippen LogP contribution is -2.47. The van der Waals surface area contributed by atoms with E-state index in [4.69, 9.17) is 0 Å². The fourth-order valence-electron chi connectivity index (χ4n) is 3.83. The maximum absolute atomic E-state index is 13.0. The lowest BCUT2D eigenvalue weighted by Gasteiger charge is -2.31. The van der Waals surface area contributed by atoms with E-state index in [1.165, 1.54) is 10.9 Å². The quantitative estimate of drug-likeness (QED) is 0.409. The van der Waals surface area contributed by atoms with Crippen LogP contribution in [-0.4, -0.2) is 36.8 Å². The Morgan fingerprint density at radius 1 is 1.26 bits per heavy atom. The molecule has 2 aromatic rings. The zero-order valence-corrected chi connectivity index (χ0v) is 15.6. The first-order valence-corrected chi connectivity index (χ1v) is 9.56. The Hall–Kier alpha value is -2.18. The molecule has 1 saturated carbocycles. The van der Waals surface area contributed by atoms with Gasteiger partial charge in [-0.1, -0.05) is 24.6 Å². The maximum atomic E-state index is 13.0. The van der Waals surface area contributed by atoms with Gasteiger partial charge in [0.2, 0.25) is 0 Å². The standard InChI is InChI=1S/C20H27F3N4/c1-24-19(27-16-8-4-7-15(12-16)20(21,22)23)25-11-5-6-14-13-26-18-10-3-2-9-17(14)18/h2-3,9-10,13,15-16,26H,4-8,11-12H2,1H3,(H2,24,25,27). The van der Waals surface area contributed by atoms with Gasteiger partial charge in [0.1, 0.15) is 0 Å². The van der Waals surface area contributed by atoms with Gasteiger partial charge >= 0.3 is 6.18 Å². The molecule has 1 aromatic carbocycles. The molecule has 0 bridgehead atoms. The second-order valence-corrected chi connectivity index (χ2v) is 7.21. The first-order chi connectivity index (χ1) is 13.0. The molecule has 27 heavy (non-hydrogen) atoms. The van der Waals surface area contributed by atoms with Gasteiger partial charge in [-0.3, -0.25) is 4.99 Å². The van der Waals surface area contributed by atoms with Crippen molar-refractivity contribution in [3.05, 3.63) is 36.0 Å². The molecule has 0 spiro atoms. The average Bonchev–Trinajstić information content (AvgIpc) is 3.07. The molecule has 3 N–H and O–H groups in total. The van der Waals surface area contributed by atoms with Crippen LogP contribution in [0.5, 0.6) is 0 Å². The summed E-state index contributed by atoms with van der Waals surface area (Å²) in [5, 5.41) is 7.63. The van der Waals surface area contributed by atoms with Crippen LogP contribution in [0.25, 0.3) is 10.9 Å². The van der Waals surface area contributed by atoms with Crippen LogP contribution in [0.15, 0.2) is 35.5 Å². The van der Waals surface area contributed by atoms with Crippen LogP contribution in [0.4, 0.5) is 13.2 Å². The molecule has 0 saturated heterocycles. The number of rotatable bonds is 5. The largest absolute Gasteiger partial charge is 0.391 e. The molecular weight excluding hydrogens is 353 g/mol. The number of nitrogens with one attached hydrogen (secondary N) is 3. The summed E-state index contributed by atoms with van der Waals surface area (Å²) in [6.07, 6.45) is 1.49. The van der Waals surface area contributed by atoms with Gasteiger partial charge in [0.05, 0.1) is 5.92 Å². The number of guanidine groups is 1. The van der Waals surface area contributed by atoms with Gasteiger partial charge in [-0.05, 0) is 43.7 Å². The zero-order chi connectivity index (χ0) is 19.3. The minimum Gasteiger partial charge on any atom is -0.361 e. The number of alkyl halides is 3. The number of aryl methyl sites for hydroxylation is 1. The van der Waals surface area contributed by atoms with Crippen molar-refractivity contribution < 1.29 is 13.2 Å². The van der Waals surface area contributed by atoms with Crippen molar-refractivity contribution in [2.45, 2.75) is 50.7 Å². The summed E-state index contributed by atoms with van der Waals surface area (Å²) in [4.78, 5) is 7.43.